The number of pyridine rings is 1. The molecule has 0 saturated carbocycles. The van der Waals surface area contributed by atoms with E-state index in [1.165, 1.54) is 0 Å². The summed E-state index contributed by atoms with van der Waals surface area (Å²) in [7, 11) is 1.56. The fourth-order valence-corrected chi connectivity index (χ4v) is 2.73. The number of methoxy groups -OCH3 is 1. The molecule has 1 N–H and O–H groups in total. The van der Waals surface area contributed by atoms with Gasteiger partial charge >= 0.3 is 0 Å². The average molecular weight is 374 g/mol. The Labute approximate surface area is 161 Å². The fourth-order valence-electron chi connectivity index (χ4n) is 2.73. The van der Waals surface area contributed by atoms with E-state index >= 15 is 0 Å². The maximum atomic E-state index is 12.9. The molecule has 140 valence electrons. The van der Waals surface area contributed by atoms with Crippen molar-refractivity contribution >= 4 is 11.4 Å². The maximum Gasteiger partial charge on any atom is 0.281 e. The smallest absolute Gasteiger partial charge is 0.281 e. The van der Waals surface area contributed by atoms with Crippen molar-refractivity contribution in [3.8, 4) is 17.7 Å². The van der Waals surface area contributed by atoms with Gasteiger partial charge in [0.25, 0.3) is 5.56 Å². The van der Waals surface area contributed by atoms with Crippen LogP contribution in [0.15, 0.2) is 69.6 Å². The number of hydrogen-bond acceptors (Lipinski definition) is 6. The van der Waals surface area contributed by atoms with E-state index in [1.54, 1.807) is 38.3 Å². The molecule has 0 spiro atoms. The lowest BCUT2D eigenvalue weighted by Gasteiger charge is -2.13. The zero-order chi connectivity index (χ0) is 20.1. The number of rotatable bonds is 5. The SMILES string of the molecule is COc1ccc(N=Nc2c(C)c(C#N)c(O)n(Cc3ccccc3)c2=O)cc1. The van der Waals surface area contributed by atoms with Crippen molar-refractivity contribution in [2.75, 3.05) is 7.11 Å². The lowest BCUT2D eigenvalue weighted by Crippen LogP contribution is -2.22. The summed E-state index contributed by atoms with van der Waals surface area (Å²) in [5.74, 6) is 0.300. The minimum Gasteiger partial charge on any atom is -0.497 e. The fraction of sp³-hybridized carbons (Fsp3) is 0.143. The van der Waals surface area contributed by atoms with E-state index in [-0.39, 0.29) is 29.2 Å². The van der Waals surface area contributed by atoms with Crippen molar-refractivity contribution in [2.24, 2.45) is 10.2 Å². The zero-order valence-corrected chi connectivity index (χ0v) is 15.5. The Morgan fingerprint density at radius 2 is 1.79 bits per heavy atom. The highest BCUT2D eigenvalue weighted by Crippen LogP contribution is 2.27. The minimum atomic E-state index is -0.518. The number of nitriles is 1. The third-order valence-corrected chi connectivity index (χ3v) is 4.29. The van der Waals surface area contributed by atoms with Crippen LogP contribution in [0, 0.1) is 18.3 Å². The number of ether oxygens (including phenoxy) is 1. The molecule has 0 saturated heterocycles. The molecule has 0 bridgehead atoms. The second-order valence-corrected chi connectivity index (χ2v) is 6.06. The summed E-state index contributed by atoms with van der Waals surface area (Å²) in [6.07, 6.45) is 0. The molecule has 1 aromatic heterocycles. The molecule has 2 aromatic carbocycles. The van der Waals surface area contributed by atoms with Crippen molar-refractivity contribution in [2.45, 2.75) is 13.5 Å². The highest BCUT2D eigenvalue weighted by molar-refractivity contribution is 5.57. The molecule has 0 aliphatic carbocycles. The van der Waals surface area contributed by atoms with Gasteiger partial charge < -0.3 is 9.84 Å². The summed E-state index contributed by atoms with van der Waals surface area (Å²) >= 11 is 0. The van der Waals surface area contributed by atoms with Gasteiger partial charge in [-0.15, -0.1) is 5.11 Å². The monoisotopic (exact) mass is 374 g/mol. The van der Waals surface area contributed by atoms with Crippen LogP contribution in [0.1, 0.15) is 16.7 Å². The highest BCUT2D eigenvalue weighted by atomic mass is 16.5. The lowest BCUT2D eigenvalue weighted by atomic mass is 10.1. The molecular weight excluding hydrogens is 356 g/mol. The summed E-state index contributed by atoms with van der Waals surface area (Å²) in [4.78, 5) is 12.9. The number of azo groups is 1. The summed E-state index contributed by atoms with van der Waals surface area (Å²) in [5.41, 5.74) is 1.12. The molecule has 28 heavy (non-hydrogen) atoms. The van der Waals surface area contributed by atoms with Gasteiger partial charge in [-0.25, -0.2) is 0 Å². The first kappa shape index (κ1) is 18.9. The number of aromatic hydroxyl groups is 1. The van der Waals surface area contributed by atoms with E-state index in [2.05, 4.69) is 10.2 Å². The van der Waals surface area contributed by atoms with Crippen LogP contribution >= 0.6 is 0 Å². The summed E-state index contributed by atoms with van der Waals surface area (Å²) in [5, 5.41) is 28.0. The predicted octanol–water partition coefficient (Wildman–Crippen LogP) is 4.21. The van der Waals surface area contributed by atoms with Crippen LogP contribution < -0.4 is 10.3 Å². The first-order valence-electron chi connectivity index (χ1n) is 8.51. The largest absolute Gasteiger partial charge is 0.497 e. The van der Waals surface area contributed by atoms with Gasteiger partial charge in [-0.3, -0.25) is 9.36 Å². The van der Waals surface area contributed by atoms with Crippen LogP contribution in [0.5, 0.6) is 11.6 Å². The van der Waals surface area contributed by atoms with Crippen LogP contribution in [-0.2, 0) is 6.54 Å². The van der Waals surface area contributed by atoms with Crippen LogP contribution in [0.3, 0.4) is 0 Å². The predicted molar refractivity (Wildman–Crippen MR) is 105 cm³/mol. The Balaban J connectivity index is 2.07. The third-order valence-electron chi connectivity index (χ3n) is 4.29. The van der Waals surface area contributed by atoms with Gasteiger partial charge in [-0.2, -0.15) is 10.4 Å². The van der Waals surface area contributed by atoms with Crippen LogP contribution in [0.25, 0.3) is 0 Å². The van der Waals surface area contributed by atoms with Crippen molar-refractivity contribution in [3.63, 3.8) is 0 Å². The molecule has 0 aliphatic heterocycles. The van der Waals surface area contributed by atoms with Gasteiger partial charge in [0.05, 0.1) is 19.3 Å². The quantitative estimate of drug-likeness (QED) is 0.676. The highest BCUT2D eigenvalue weighted by Gasteiger charge is 2.19. The van der Waals surface area contributed by atoms with Crippen LogP contribution in [0.2, 0.25) is 0 Å². The number of nitrogens with zero attached hydrogens (tertiary/aromatic N) is 4. The first-order chi connectivity index (χ1) is 13.5. The van der Waals surface area contributed by atoms with Crippen LogP contribution in [-0.4, -0.2) is 16.8 Å². The second-order valence-electron chi connectivity index (χ2n) is 6.06. The molecule has 7 nitrogen and oxygen atoms in total. The van der Waals surface area contributed by atoms with Crippen LogP contribution in [0.4, 0.5) is 11.4 Å². The lowest BCUT2D eigenvalue weighted by molar-refractivity contribution is 0.412. The van der Waals surface area contributed by atoms with E-state index in [4.69, 9.17) is 4.74 Å². The topological polar surface area (TPSA) is 100.0 Å². The number of aromatic nitrogens is 1. The molecule has 0 aliphatic rings. The molecule has 3 aromatic rings. The van der Waals surface area contributed by atoms with E-state index < -0.39 is 5.56 Å². The van der Waals surface area contributed by atoms with E-state index in [0.29, 0.717) is 11.4 Å². The van der Waals surface area contributed by atoms with Crippen molar-refractivity contribution in [3.05, 3.63) is 81.6 Å². The normalized spacial score (nSPS) is 10.8. The first-order valence-corrected chi connectivity index (χ1v) is 8.51. The summed E-state index contributed by atoms with van der Waals surface area (Å²) in [6, 6.07) is 18.0. The summed E-state index contributed by atoms with van der Waals surface area (Å²) in [6.45, 7) is 1.68. The molecule has 7 heteroatoms. The van der Waals surface area contributed by atoms with E-state index in [1.807, 2.05) is 36.4 Å². The van der Waals surface area contributed by atoms with Gasteiger partial charge in [0.2, 0.25) is 5.88 Å². The Kier molecular flexibility index (Phi) is 5.51. The molecule has 1 heterocycles. The molecule has 3 rings (SSSR count). The molecule has 0 fully saturated rings. The van der Waals surface area contributed by atoms with Crippen molar-refractivity contribution in [1.29, 1.82) is 5.26 Å². The Morgan fingerprint density at radius 3 is 2.39 bits per heavy atom. The van der Waals surface area contributed by atoms with Gasteiger partial charge in [0.15, 0.2) is 5.69 Å². The number of hydrogen-bond donors (Lipinski definition) is 1. The Hall–Kier alpha value is -3.92. The van der Waals surface area contributed by atoms with Gasteiger partial charge in [-0.1, -0.05) is 30.3 Å². The second kappa shape index (κ2) is 8.18. The minimum absolute atomic E-state index is 0.000730. The molecule has 0 unspecified atom stereocenters. The Morgan fingerprint density at radius 1 is 1.11 bits per heavy atom. The van der Waals surface area contributed by atoms with E-state index in [0.717, 1.165) is 10.1 Å². The standard InChI is InChI=1S/C21H18N4O3/c1-14-18(12-22)20(26)25(13-15-6-4-3-5-7-15)21(27)19(14)24-23-16-8-10-17(28-2)11-9-16/h3-11,26H,13H2,1-2H3. The van der Waals surface area contributed by atoms with Gasteiger partial charge in [0.1, 0.15) is 17.4 Å². The van der Waals surface area contributed by atoms with Gasteiger partial charge in [-0.05, 0) is 36.8 Å². The average Bonchev–Trinajstić information content (AvgIpc) is 2.72. The molecule has 0 atom stereocenters. The van der Waals surface area contributed by atoms with Crippen molar-refractivity contribution in [1.82, 2.24) is 4.57 Å². The van der Waals surface area contributed by atoms with Gasteiger partial charge in [0, 0.05) is 5.56 Å². The van der Waals surface area contributed by atoms with Crippen molar-refractivity contribution < 1.29 is 9.84 Å². The van der Waals surface area contributed by atoms with E-state index in [9.17, 15) is 15.2 Å². The number of benzene rings is 2. The molecule has 0 amide bonds. The third kappa shape index (κ3) is 3.76. The molecule has 0 radical (unpaired) electrons. The molecular formula is C21H18N4O3. The summed E-state index contributed by atoms with van der Waals surface area (Å²) < 4.78 is 6.22. The maximum absolute atomic E-state index is 12.9. The Bertz CT molecular complexity index is 1110. The zero-order valence-electron chi connectivity index (χ0n) is 15.5.